The zero-order valence-electron chi connectivity index (χ0n) is 11.1. The van der Waals surface area contributed by atoms with Crippen LogP contribution >= 0.6 is 0 Å². The first-order chi connectivity index (χ1) is 6.73. The molecular formula is C14H27N. The highest BCUT2D eigenvalue weighted by Crippen LogP contribution is 2.31. The molecule has 1 atom stereocenters. The smallest absolute Gasteiger partial charge is 0.0169 e. The van der Waals surface area contributed by atoms with Crippen molar-refractivity contribution in [3.05, 3.63) is 24.4 Å². The summed E-state index contributed by atoms with van der Waals surface area (Å²) in [5.74, 6) is 0.677. The molecular weight excluding hydrogens is 182 g/mol. The van der Waals surface area contributed by atoms with Crippen LogP contribution in [0.3, 0.4) is 0 Å². The predicted octanol–water partition coefficient (Wildman–Crippen LogP) is 4.13. The lowest BCUT2D eigenvalue weighted by Gasteiger charge is -2.28. The highest BCUT2D eigenvalue weighted by molar-refractivity contribution is 4.94. The van der Waals surface area contributed by atoms with Gasteiger partial charge >= 0.3 is 0 Å². The van der Waals surface area contributed by atoms with Crippen molar-refractivity contribution < 1.29 is 0 Å². The third-order valence-corrected chi connectivity index (χ3v) is 2.43. The fourth-order valence-electron chi connectivity index (χ4n) is 2.25. The Balaban J connectivity index is 3.97. The van der Waals surface area contributed by atoms with Crippen LogP contribution in [-0.2, 0) is 0 Å². The zero-order chi connectivity index (χ0) is 12.1. The fraction of sp³-hybridized carbons (Fsp3) is 0.714. The van der Waals surface area contributed by atoms with E-state index in [1.165, 1.54) is 12.0 Å². The van der Waals surface area contributed by atoms with Gasteiger partial charge in [-0.1, -0.05) is 32.9 Å². The summed E-state index contributed by atoms with van der Waals surface area (Å²) in [6.45, 7) is 19.9. The molecule has 0 aliphatic carbocycles. The van der Waals surface area contributed by atoms with Crippen molar-refractivity contribution in [1.82, 2.24) is 5.32 Å². The van der Waals surface area contributed by atoms with Gasteiger partial charge in [-0.3, -0.25) is 0 Å². The van der Waals surface area contributed by atoms with Crippen molar-refractivity contribution in [1.29, 1.82) is 0 Å². The van der Waals surface area contributed by atoms with E-state index in [4.69, 9.17) is 0 Å². The van der Waals surface area contributed by atoms with E-state index in [-0.39, 0.29) is 0 Å². The summed E-state index contributed by atoms with van der Waals surface area (Å²) in [6.07, 6.45) is 2.34. The maximum Gasteiger partial charge on any atom is 0.0169 e. The normalized spacial score (nSPS) is 13.4. The first kappa shape index (κ1) is 14.3. The van der Waals surface area contributed by atoms with E-state index in [2.05, 4.69) is 46.2 Å². The lowest BCUT2D eigenvalue weighted by molar-refractivity contribution is 0.272. The quantitative estimate of drug-likeness (QED) is 0.622. The van der Waals surface area contributed by atoms with E-state index in [0.717, 1.165) is 18.7 Å². The summed E-state index contributed by atoms with van der Waals surface area (Å²) < 4.78 is 0. The third kappa shape index (κ3) is 8.29. The maximum absolute atomic E-state index is 3.99. The molecule has 0 saturated heterocycles. The number of rotatable bonds is 7. The molecule has 0 bridgehead atoms. The average Bonchev–Trinajstić information content (AvgIpc) is 1.96. The molecule has 1 heteroatoms. The van der Waals surface area contributed by atoms with E-state index >= 15 is 0 Å². The summed E-state index contributed by atoms with van der Waals surface area (Å²) in [4.78, 5) is 0. The van der Waals surface area contributed by atoms with Crippen molar-refractivity contribution in [2.45, 2.75) is 47.5 Å². The lowest BCUT2D eigenvalue weighted by Crippen LogP contribution is -2.24. The molecule has 0 saturated carbocycles. The van der Waals surface area contributed by atoms with Crippen molar-refractivity contribution in [2.24, 2.45) is 11.3 Å². The van der Waals surface area contributed by atoms with Crippen LogP contribution < -0.4 is 5.32 Å². The van der Waals surface area contributed by atoms with E-state index < -0.39 is 0 Å². The van der Waals surface area contributed by atoms with Gasteiger partial charge in [0.15, 0.2) is 0 Å². The summed E-state index contributed by atoms with van der Waals surface area (Å²) in [5, 5.41) is 3.30. The molecule has 0 aliphatic rings. The average molecular weight is 209 g/mol. The highest BCUT2D eigenvalue weighted by atomic mass is 14.9. The Hall–Kier alpha value is -0.720. The Labute approximate surface area is 95.7 Å². The molecule has 0 aromatic carbocycles. The Morgan fingerprint density at radius 3 is 2.20 bits per heavy atom. The van der Waals surface area contributed by atoms with Crippen molar-refractivity contribution in [2.75, 3.05) is 6.54 Å². The molecule has 0 aliphatic heterocycles. The molecule has 0 rings (SSSR count). The standard InChI is InChI=1S/C14H27N/c1-11(2)8-14(6,7)9-13(5)10-15-12(3)4/h13,15H,1,3,8-10H2,2,4-7H3/t13-/m1/s1. The summed E-state index contributed by atoms with van der Waals surface area (Å²) in [5.41, 5.74) is 2.70. The number of nitrogens with one attached hydrogen (secondary N) is 1. The monoisotopic (exact) mass is 209 g/mol. The summed E-state index contributed by atoms with van der Waals surface area (Å²) in [6, 6.07) is 0. The Morgan fingerprint density at radius 1 is 1.27 bits per heavy atom. The minimum absolute atomic E-state index is 0.363. The van der Waals surface area contributed by atoms with Crippen molar-refractivity contribution >= 4 is 0 Å². The largest absolute Gasteiger partial charge is 0.389 e. The molecule has 0 heterocycles. The van der Waals surface area contributed by atoms with E-state index in [0.29, 0.717) is 11.3 Å². The summed E-state index contributed by atoms with van der Waals surface area (Å²) in [7, 11) is 0. The highest BCUT2D eigenvalue weighted by Gasteiger charge is 2.20. The molecule has 0 radical (unpaired) electrons. The van der Waals surface area contributed by atoms with E-state index in [1.807, 2.05) is 6.92 Å². The molecule has 15 heavy (non-hydrogen) atoms. The minimum Gasteiger partial charge on any atom is -0.389 e. The van der Waals surface area contributed by atoms with Crippen LogP contribution in [0.1, 0.15) is 47.5 Å². The van der Waals surface area contributed by atoms with Gasteiger partial charge in [0.25, 0.3) is 0 Å². The van der Waals surface area contributed by atoms with Crippen LogP contribution in [0.2, 0.25) is 0 Å². The fourth-order valence-corrected chi connectivity index (χ4v) is 2.25. The van der Waals surface area contributed by atoms with Gasteiger partial charge in [-0.25, -0.2) is 0 Å². The minimum atomic E-state index is 0.363. The van der Waals surface area contributed by atoms with Gasteiger partial charge in [0.2, 0.25) is 0 Å². The third-order valence-electron chi connectivity index (χ3n) is 2.43. The molecule has 0 fully saturated rings. The Bertz CT molecular complexity index is 225. The van der Waals surface area contributed by atoms with E-state index in [9.17, 15) is 0 Å². The van der Waals surface area contributed by atoms with Gasteiger partial charge in [0, 0.05) is 12.2 Å². The Kier molecular flexibility index (Phi) is 5.71. The van der Waals surface area contributed by atoms with Crippen LogP contribution in [0.15, 0.2) is 24.4 Å². The molecule has 0 aromatic rings. The summed E-state index contributed by atoms with van der Waals surface area (Å²) >= 11 is 0. The molecule has 1 N–H and O–H groups in total. The van der Waals surface area contributed by atoms with Crippen molar-refractivity contribution in [3.8, 4) is 0 Å². The van der Waals surface area contributed by atoms with Gasteiger partial charge in [-0.15, -0.1) is 6.58 Å². The molecule has 88 valence electrons. The van der Waals surface area contributed by atoms with Gasteiger partial charge in [-0.2, -0.15) is 0 Å². The van der Waals surface area contributed by atoms with Gasteiger partial charge < -0.3 is 5.32 Å². The van der Waals surface area contributed by atoms with Crippen LogP contribution in [0, 0.1) is 11.3 Å². The number of hydrogen-bond acceptors (Lipinski definition) is 1. The van der Waals surface area contributed by atoms with Gasteiger partial charge in [0.05, 0.1) is 0 Å². The molecule has 0 amide bonds. The topological polar surface area (TPSA) is 12.0 Å². The van der Waals surface area contributed by atoms with Crippen LogP contribution in [0.5, 0.6) is 0 Å². The molecule has 0 aromatic heterocycles. The molecule has 0 spiro atoms. The second-order valence-corrected chi connectivity index (χ2v) is 5.77. The maximum atomic E-state index is 3.99. The van der Waals surface area contributed by atoms with Gasteiger partial charge in [-0.05, 0) is 38.0 Å². The first-order valence-electron chi connectivity index (χ1n) is 5.77. The second kappa shape index (κ2) is 5.99. The first-order valence-corrected chi connectivity index (χ1v) is 5.77. The number of hydrogen-bond donors (Lipinski definition) is 1. The van der Waals surface area contributed by atoms with Crippen LogP contribution in [0.4, 0.5) is 0 Å². The Morgan fingerprint density at radius 2 is 1.80 bits per heavy atom. The number of allylic oxidation sites excluding steroid dienone is 2. The molecule has 0 unspecified atom stereocenters. The van der Waals surface area contributed by atoms with Crippen molar-refractivity contribution in [3.63, 3.8) is 0 Å². The molecule has 1 nitrogen and oxygen atoms in total. The lowest BCUT2D eigenvalue weighted by atomic mass is 9.79. The SMILES string of the molecule is C=C(C)CC(C)(C)C[C@@H](C)CNC(=C)C. The van der Waals surface area contributed by atoms with Crippen LogP contribution in [-0.4, -0.2) is 6.54 Å². The van der Waals surface area contributed by atoms with Gasteiger partial charge in [0.1, 0.15) is 0 Å². The predicted molar refractivity (Wildman–Crippen MR) is 69.8 cm³/mol. The van der Waals surface area contributed by atoms with Crippen LogP contribution in [0.25, 0.3) is 0 Å². The second-order valence-electron chi connectivity index (χ2n) is 5.77. The zero-order valence-corrected chi connectivity index (χ0v) is 11.1. The van der Waals surface area contributed by atoms with E-state index in [1.54, 1.807) is 0 Å².